The number of fused-ring (bicyclic) bond motifs is 1. The number of hydrazine groups is 1. The van der Waals surface area contributed by atoms with Crippen LogP contribution in [0.4, 0.5) is 5.82 Å². The van der Waals surface area contributed by atoms with E-state index in [1.165, 1.54) is 0 Å². The highest BCUT2D eigenvalue weighted by Gasteiger charge is 2.06. The van der Waals surface area contributed by atoms with Crippen LogP contribution < -0.4 is 11.3 Å². The molecule has 0 spiro atoms. The van der Waals surface area contributed by atoms with Gasteiger partial charge in [0.25, 0.3) is 0 Å². The van der Waals surface area contributed by atoms with Crippen molar-refractivity contribution in [2.24, 2.45) is 11.8 Å². The average molecular weight is 245 g/mol. The Kier molecular flexibility index (Phi) is 4.12. The maximum Gasteiger partial charge on any atom is 0.146 e. The van der Waals surface area contributed by atoms with E-state index in [9.17, 15) is 0 Å². The van der Waals surface area contributed by atoms with Gasteiger partial charge in [-0.3, -0.25) is 0 Å². The molecule has 0 radical (unpaired) electrons. The number of hydrogen-bond acceptors (Lipinski definition) is 4. The van der Waals surface area contributed by atoms with Crippen molar-refractivity contribution in [3.63, 3.8) is 0 Å². The van der Waals surface area contributed by atoms with Crippen molar-refractivity contribution in [2.75, 3.05) is 12.0 Å². The van der Waals surface area contributed by atoms with E-state index >= 15 is 0 Å². The van der Waals surface area contributed by atoms with Crippen LogP contribution in [0.3, 0.4) is 0 Å². The molecule has 3 N–H and O–H groups in total. The van der Waals surface area contributed by atoms with Crippen LogP contribution in [0.1, 0.15) is 19.4 Å². The van der Waals surface area contributed by atoms with Crippen LogP contribution in [-0.4, -0.2) is 11.6 Å². The first-order chi connectivity index (χ1) is 8.70. The highest BCUT2D eigenvalue weighted by atomic mass is 16.5. The second-order valence-electron chi connectivity index (χ2n) is 4.74. The van der Waals surface area contributed by atoms with E-state index in [2.05, 4.69) is 30.3 Å². The lowest BCUT2D eigenvalue weighted by Gasteiger charge is -2.11. The number of ether oxygens (including phenoxy) is 1. The topological polar surface area (TPSA) is 60.2 Å². The first-order valence-corrected chi connectivity index (χ1v) is 6.13. The van der Waals surface area contributed by atoms with Gasteiger partial charge in [0, 0.05) is 17.6 Å². The van der Waals surface area contributed by atoms with Crippen molar-refractivity contribution < 1.29 is 4.74 Å². The normalized spacial score (nSPS) is 11.1. The Morgan fingerprint density at radius 1 is 1.33 bits per heavy atom. The molecule has 96 valence electrons. The molecule has 0 fully saturated rings. The zero-order valence-corrected chi connectivity index (χ0v) is 10.8. The molecule has 4 nitrogen and oxygen atoms in total. The third-order valence-electron chi connectivity index (χ3n) is 2.65. The maximum atomic E-state index is 5.64. The fourth-order valence-corrected chi connectivity index (χ4v) is 1.80. The number of rotatable bonds is 5. The molecule has 2 aromatic rings. The standard InChI is InChI=1S/C14H19N3O/c1-10(2)8-18-9-12-7-11-5-3-4-6-13(11)16-14(12)17-15/h3-7,10H,8-9,15H2,1-2H3,(H,16,17). The van der Waals surface area contributed by atoms with E-state index in [-0.39, 0.29) is 0 Å². The third-order valence-corrected chi connectivity index (χ3v) is 2.65. The second-order valence-corrected chi connectivity index (χ2v) is 4.74. The highest BCUT2D eigenvalue weighted by molar-refractivity contribution is 5.81. The van der Waals surface area contributed by atoms with Crippen LogP contribution in [0, 0.1) is 5.92 Å². The zero-order valence-electron chi connectivity index (χ0n) is 10.8. The Bertz CT molecular complexity index is 525. The van der Waals surface area contributed by atoms with E-state index < -0.39 is 0 Å². The van der Waals surface area contributed by atoms with E-state index in [1.54, 1.807) is 0 Å². The minimum absolute atomic E-state index is 0.521. The van der Waals surface area contributed by atoms with Gasteiger partial charge in [-0.05, 0) is 18.1 Å². The molecule has 1 heterocycles. The number of anilines is 1. The molecular weight excluding hydrogens is 226 g/mol. The molecule has 18 heavy (non-hydrogen) atoms. The summed E-state index contributed by atoms with van der Waals surface area (Å²) in [6, 6.07) is 10.0. The Hall–Kier alpha value is -1.65. The fraction of sp³-hybridized carbons (Fsp3) is 0.357. The average Bonchev–Trinajstić information content (AvgIpc) is 2.37. The van der Waals surface area contributed by atoms with Gasteiger partial charge in [0.05, 0.1) is 12.1 Å². The van der Waals surface area contributed by atoms with Gasteiger partial charge in [-0.25, -0.2) is 10.8 Å². The summed E-state index contributed by atoms with van der Waals surface area (Å²) in [6.07, 6.45) is 0. The molecule has 0 aliphatic heterocycles. The zero-order chi connectivity index (χ0) is 13.0. The number of nitrogens with zero attached hydrogens (tertiary/aromatic N) is 1. The van der Waals surface area contributed by atoms with Crippen molar-refractivity contribution in [3.8, 4) is 0 Å². The van der Waals surface area contributed by atoms with Gasteiger partial charge in [-0.2, -0.15) is 0 Å². The Labute approximate surface area is 107 Å². The molecule has 0 saturated carbocycles. The van der Waals surface area contributed by atoms with Crippen molar-refractivity contribution in [1.29, 1.82) is 0 Å². The molecular formula is C14H19N3O. The van der Waals surface area contributed by atoms with Gasteiger partial charge in [0.15, 0.2) is 0 Å². The predicted molar refractivity (Wildman–Crippen MR) is 74.0 cm³/mol. The van der Waals surface area contributed by atoms with Gasteiger partial charge >= 0.3 is 0 Å². The van der Waals surface area contributed by atoms with E-state index in [4.69, 9.17) is 10.6 Å². The Morgan fingerprint density at radius 2 is 2.11 bits per heavy atom. The molecule has 0 aliphatic rings. The molecule has 2 rings (SSSR count). The monoisotopic (exact) mass is 245 g/mol. The predicted octanol–water partition coefficient (Wildman–Crippen LogP) is 2.69. The molecule has 4 heteroatoms. The number of benzene rings is 1. The van der Waals surface area contributed by atoms with Crippen LogP contribution >= 0.6 is 0 Å². The first-order valence-electron chi connectivity index (χ1n) is 6.13. The van der Waals surface area contributed by atoms with Gasteiger partial charge in [-0.1, -0.05) is 32.0 Å². The molecule has 0 aliphatic carbocycles. The molecule has 1 aromatic heterocycles. The SMILES string of the molecule is CC(C)COCc1cc2ccccc2nc1NN. The number of para-hydroxylation sites is 1. The smallest absolute Gasteiger partial charge is 0.146 e. The molecule has 0 bridgehead atoms. The van der Waals surface area contributed by atoms with Crippen molar-refractivity contribution in [3.05, 3.63) is 35.9 Å². The van der Waals surface area contributed by atoms with Crippen molar-refractivity contribution in [1.82, 2.24) is 4.98 Å². The minimum Gasteiger partial charge on any atom is -0.376 e. The summed E-state index contributed by atoms with van der Waals surface area (Å²) in [5.41, 5.74) is 4.55. The lowest BCUT2D eigenvalue weighted by atomic mass is 10.1. The third kappa shape index (κ3) is 2.97. The van der Waals surface area contributed by atoms with Crippen LogP contribution in [0.5, 0.6) is 0 Å². The van der Waals surface area contributed by atoms with Crippen LogP contribution in [0.25, 0.3) is 10.9 Å². The summed E-state index contributed by atoms with van der Waals surface area (Å²) in [5, 5.41) is 1.10. The lowest BCUT2D eigenvalue weighted by molar-refractivity contribution is 0.0973. The number of hydrogen-bond donors (Lipinski definition) is 2. The Morgan fingerprint density at radius 3 is 2.83 bits per heavy atom. The number of nitrogen functional groups attached to an aromatic ring is 1. The minimum atomic E-state index is 0.521. The summed E-state index contributed by atoms with van der Waals surface area (Å²) in [5.74, 6) is 6.70. The number of nitrogens with two attached hydrogens (primary N) is 1. The van der Waals surface area contributed by atoms with Crippen LogP contribution in [-0.2, 0) is 11.3 Å². The first kappa shape index (κ1) is 12.8. The molecule has 0 saturated heterocycles. The summed E-state index contributed by atoms with van der Waals surface area (Å²) in [7, 11) is 0. The van der Waals surface area contributed by atoms with E-state index in [0.29, 0.717) is 18.3 Å². The van der Waals surface area contributed by atoms with Gasteiger partial charge in [-0.15, -0.1) is 0 Å². The van der Waals surface area contributed by atoms with Crippen LogP contribution in [0.2, 0.25) is 0 Å². The second kappa shape index (κ2) is 5.80. The molecule has 1 aromatic carbocycles. The molecule has 0 amide bonds. The molecule has 0 unspecified atom stereocenters. The highest BCUT2D eigenvalue weighted by Crippen LogP contribution is 2.20. The van der Waals surface area contributed by atoms with Gasteiger partial charge in [0.1, 0.15) is 5.82 Å². The van der Waals surface area contributed by atoms with Gasteiger partial charge in [0.2, 0.25) is 0 Å². The maximum absolute atomic E-state index is 5.64. The number of pyridine rings is 1. The summed E-state index contributed by atoms with van der Waals surface area (Å²) in [6.45, 7) is 5.51. The largest absolute Gasteiger partial charge is 0.376 e. The quantitative estimate of drug-likeness (QED) is 0.628. The van der Waals surface area contributed by atoms with Crippen molar-refractivity contribution >= 4 is 16.7 Å². The summed E-state index contributed by atoms with van der Waals surface area (Å²) < 4.78 is 5.64. The van der Waals surface area contributed by atoms with Crippen LogP contribution in [0.15, 0.2) is 30.3 Å². The van der Waals surface area contributed by atoms with E-state index in [0.717, 1.165) is 23.1 Å². The van der Waals surface area contributed by atoms with E-state index in [1.807, 2.05) is 24.3 Å². The molecule has 0 atom stereocenters. The number of nitrogens with one attached hydrogen (secondary N) is 1. The summed E-state index contributed by atoms with van der Waals surface area (Å²) in [4.78, 5) is 4.48. The Balaban J connectivity index is 2.24. The summed E-state index contributed by atoms with van der Waals surface area (Å²) >= 11 is 0. The lowest BCUT2D eigenvalue weighted by Crippen LogP contribution is -2.12. The van der Waals surface area contributed by atoms with Crippen molar-refractivity contribution in [2.45, 2.75) is 20.5 Å². The van der Waals surface area contributed by atoms with Gasteiger partial charge < -0.3 is 10.2 Å². The fourth-order valence-electron chi connectivity index (χ4n) is 1.80. The number of aromatic nitrogens is 1.